The highest BCUT2D eigenvalue weighted by Crippen LogP contribution is 2.28. The molecule has 28 heavy (non-hydrogen) atoms. The lowest BCUT2D eigenvalue weighted by atomic mass is 10.1. The van der Waals surface area contributed by atoms with Crippen LogP contribution in [0.2, 0.25) is 0 Å². The quantitative estimate of drug-likeness (QED) is 0.730. The number of benzene rings is 1. The van der Waals surface area contributed by atoms with Crippen molar-refractivity contribution in [2.24, 2.45) is 5.73 Å². The van der Waals surface area contributed by atoms with Crippen molar-refractivity contribution in [2.75, 3.05) is 11.4 Å². The van der Waals surface area contributed by atoms with Gasteiger partial charge in [0, 0.05) is 29.9 Å². The minimum absolute atomic E-state index is 0.0594. The normalized spacial score (nSPS) is 13.9. The molecule has 3 aromatic rings. The molecule has 0 bridgehead atoms. The molecule has 8 heteroatoms. The van der Waals surface area contributed by atoms with Crippen molar-refractivity contribution < 1.29 is 9.59 Å². The van der Waals surface area contributed by atoms with Crippen molar-refractivity contribution in [1.29, 1.82) is 0 Å². The van der Waals surface area contributed by atoms with Gasteiger partial charge < -0.3 is 10.6 Å². The Labute approximate surface area is 162 Å². The second kappa shape index (κ2) is 7.22. The molecular weight excluding hydrogens is 356 g/mol. The molecule has 0 aliphatic carbocycles. The topological polar surface area (TPSA) is 107 Å². The molecule has 1 aromatic carbocycles. The minimum Gasteiger partial charge on any atom is -0.369 e. The third kappa shape index (κ3) is 3.48. The van der Waals surface area contributed by atoms with E-state index in [1.807, 2.05) is 49.4 Å². The van der Waals surface area contributed by atoms with Crippen molar-refractivity contribution in [3.63, 3.8) is 0 Å². The summed E-state index contributed by atoms with van der Waals surface area (Å²) in [4.78, 5) is 34.3. The summed E-state index contributed by atoms with van der Waals surface area (Å²) in [5, 5.41) is 4.44. The predicted molar refractivity (Wildman–Crippen MR) is 104 cm³/mol. The van der Waals surface area contributed by atoms with E-state index < -0.39 is 5.91 Å². The first-order valence-corrected chi connectivity index (χ1v) is 9.10. The number of carbonyl (C=O) groups excluding carboxylic acids is 2. The molecule has 0 atom stereocenters. The fourth-order valence-electron chi connectivity index (χ4n) is 3.31. The van der Waals surface area contributed by atoms with E-state index in [-0.39, 0.29) is 12.3 Å². The Morgan fingerprint density at radius 1 is 1.18 bits per heavy atom. The van der Waals surface area contributed by atoms with Crippen LogP contribution < -0.4 is 10.6 Å². The molecule has 1 saturated heterocycles. The van der Waals surface area contributed by atoms with Crippen LogP contribution in [0.3, 0.4) is 0 Å². The number of carbonyl (C=O) groups is 2. The second-order valence-corrected chi connectivity index (χ2v) is 6.74. The van der Waals surface area contributed by atoms with Crippen molar-refractivity contribution in [2.45, 2.75) is 26.2 Å². The van der Waals surface area contributed by atoms with Gasteiger partial charge in [0.05, 0.1) is 6.42 Å². The second-order valence-electron chi connectivity index (χ2n) is 6.74. The lowest BCUT2D eigenvalue weighted by molar-refractivity contribution is -0.118. The number of pyridine rings is 1. The Bertz CT molecular complexity index is 1060. The molecule has 0 saturated carbocycles. The number of rotatable bonds is 5. The monoisotopic (exact) mass is 376 g/mol. The Morgan fingerprint density at radius 2 is 2.00 bits per heavy atom. The van der Waals surface area contributed by atoms with Gasteiger partial charge in [-0.25, -0.2) is 9.97 Å². The van der Waals surface area contributed by atoms with Gasteiger partial charge in [-0.15, -0.1) is 5.10 Å². The van der Waals surface area contributed by atoms with Crippen molar-refractivity contribution >= 4 is 17.5 Å². The average molecular weight is 376 g/mol. The molecule has 4 rings (SSSR count). The highest BCUT2D eigenvalue weighted by molar-refractivity contribution is 5.95. The van der Waals surface area contributed by atoms with Crippen LogP contribution in [0.1, 0.15) is 24.4 Å². The molecule has 3 heterocycles. The molecule has 0 unspecified atom stereocenters. The molecule has 2 N–H and O–H groups in total. The summed E-state index contributed by atoms with van der Waals surface area (Å²) in [6, 6.07) is 13.2. The van der Waals surface area contributed by atoms with Crippen LogP contribution in [0.4, 0.5) is 5.69 Å². The van der Waals surface area contributed by atoms with Crippen molar-refractivity contribution in [3.05, 3.63) is 54.0 Å². The van der Waals surface area contributed by atoms with E-state index in [1.54, 1.807) is 9.58 Å². The van der Waals surface area contributed by atoms with Gasteiger partial charge in [0.25, 0.3) is 0 Å². The van der Waals surface area contributed by atoms with Crippen LogP contribution in [0.15, 0.2) is 42.5 Å². The maximum atomic E-state index is 12.1. The smallest absolute Gasteiger partial charge is 0.227 e. The summed E-state index contributed by atoms with van der Waals surface area (Å²) in [5.41, 5.74) is 7.76. The van der Waals surface area contributed by atoms with E-state index in [2.05, 4.69) is 15.1 Å². The summed E-state index contributed by atoms with van der Waals surface area (Å²) in [7, 11) is 0. The minimum atomic E-state index is -0.502. The van der Waals surface area contributed by atoms with Crippen LogP contribution in [0, 0.1) is 6.92 Å². The molecule has 1 aliphatic rings. The first kappa shape index (κ1) is 17.8. The molecule has 142 valence electrons. The summed E-state index contributed by atoms with van der Waals surface area (Å²) in [6.45, 7) is 2.60. The summed E-state index contributed by atoms with van der Waals surface area (Å²) >= 11 is 0. The number of nitrogens with zero attached hydrogens (tertiary/aromatic N) is 5. The fourth-order valence-corrected chi connectivity index (χ4v) is 3.31. The zero-order valence-corrected chi connectivity index (χ0v) is 15.5. The number of aryl methyl sites for hydroxylation is 1. The van der Waals surface area contributed by atoms with Crippen LogP contribution in [-0.4, -0.2) is 38.1 Å². The molecule has 0 radical (unpaired) electrons. The molecule has 2 aromatic heterocycles. The van der Waals surface area contributed by atoms with E-state index in [1.165, 1.54) is 0 Å². The number of nitrogens with two attached hydrogens (primary N) is 1. The van der Waals surface area contributed by atoms with Gasteiger partial charge >= 0.3 is 0 Å². The standard InChI is InChI=1S/C20H20N6O2/c1-13-5-2-8-18(22-13)26-20(23-17(24-26)12-16(21)27)14-6-3-7-15(11-14)25-10-4-9-19(25)28/h2-3,5-8,11H,4,9-10,12H2,1H3,(H2,21,27). The maximum absolute atomic E-state index is 12.1. The van der Waals surface area contributed by atoms with Gasteiger partial charge in [0.1, 0.15) is 0 Å². The molecule has 1 aliphatic heterocycles. The largest absolute Gasteiger partial charge is 0.369 e. The highest BCUT2D eigenvalue weighted by atomic mass is 16.2. The number of anilines is 1. The fraction of sp³-hybridized carbons (Fsp3) is 0.250. The zero-order chi connectivity index (χ0) is 19.7. The van der Waals surface area contributed by atoms with E-state index in [0.717, 1.165) is 23.4 Å². The number of primary amides is 1. The first-order chi connectivity index (χ1) is 13.5. The predicted octanol–water partition coefficient (Wildman–Crippen LogP) is 1.79. The highest BCUT2D eigenvalue weighted by Gasteiger charge is 2.23. The Kier molecular flexibility index (Phi) is 4.60. The molecule has 0 spiro atoms. The Hall–Kier alpha value is -3.55. The van der Waals surface area contributed by atoms with E-state index in [9.17, 15) is 9.59 Å². The summed E-state index contributed by atoms with van der Waals surface area (Å²) in [6.07, 6.45) is 1.36. The third-order valence-corrected chi connectivity index (χ3v) is 4.56. The maximum Gasteiger partial charge on any atom is 0.227 e. The van der Waals surface area contributed by atoms with Crippen molar-refractivity contribution in [1.82, 2.24) is 19.7 Å². The number of hydrogen-bond acceptors (Lipinski definition) is 5. The first-order valence-electron chi connectivity index (χ1n) is 9.10. The number of amides is 2. The number of hydrogen-bond donors (Lipinski definition) is 1. The van der Waals surface area contributed by atoms with Crippen LogP contribution in [0.5, 0.6) is 0 Å². The lowest BCUT2D eigenvalue weighted by Gasteiger charge is -2.16. The number of aromatic nitrogens is 4. The van der Waals surface area contributed by atoms with Gasteiger partial charge in [-0.05, 0) is 37.6 Å². The van der Waals surface area contributed by atoms with Crippen LogP contribution in [-0.2, 0) is 16.0 Å². The van der Waals surface area contributed by atoms with Crippen LogP contribution in [0.25, 0.3) is 17.2 Å². The van der Waals surface area contributed by atoms with E-state index in [0.29, 0.717) is 30.4 Å². The molecule has 2 amide bonds. The Morgan fingerprint density at radius 3 is 2.71 bits per heavy atom. The van der Waals surface area contributed by atoms with Crippen molar-refractivity contribution in [3.8, 4) is 17.2 Å². The molecular formula is C20H20N6O2. The van der Waals surface area contributed by atoms with Crippen LogP contribution >= 0.6 is 0 Å². The Balaban J connectivity index is 1.81. The van der Waals surface area contributed by atoms with Gasteiger partial charge in [-0.2, -0.15) is 4.68 Å². The van der Waals surface area contributed by atoms with Gasteiger partial charge in [-0.3, -0.25) is 9.59 Å². The van der Waals surface area contributed by atoms with E-state index in [4.69, 9.17) is 5.73 Å². The third-order valence-electron chi connectivity index (χ3n) is 4.56. The lowest BCUT2D eigenvalue weighted by Crippen LogP contribution is -2.23. The van der Waals surface area contributed by atoms with Gasteiger partial charge in [-0.1, -0.05) is 18.2 Å². The summed E-state index contributed by atoms with van der Waals surface area (Å²) in [5.74, 6) is 1.09. The molecule has 8 nitrogen and oxygen atoms in total. The molecule has 1 fully saturated rings. The van der Waals surface area contributed by atoms with Gasteiger partial charge in [0.15, 0.2) is 17.5 Å². The zero-order valence-electron chi connectivity index (χ0n) is 15.5. The van der Waals surface area contributed by atoms with E-state index >= 15 is 0 Å². The SMILES string of the molecule is Cc1cccc(-n2nc(CC(N)=O)nc2-c2cccc(N3CCCC3=O)c2)n1. The average Bonchev–Trinajstić information content (AvgIpc) is 3.28. The van der Waals surface area contributed by atoms with Gasteiger partial charge in [0.2, 0.25) is 11.8 Å². The summed E-state index contributed by atoms with van der Waals surface area (Å²) < 4.78 is 1.61.